The topological polar surface area (TPSA) is 61.4 Å². The Bertz CT molecular complexity index is 524. The van der Waals surface area contributed by atoms with Crippen LogP contribution in [0.4, 0.5) is 5.69 Å². The molecule has 0 spiro atoms. The van der Waals surface area contributed by atoms with Crippen molar-refractivity contribution in [3.05, 3.63) is 30.3 Å². The molecule has 6 heteroatoms. The lowest BCUT2D eigenvalue weighted by Gasteiger charge is -2.32. The summed E-state index contributed by atoms with van der Waals surface area (Å²) in [6.07, 6.45) is 2.45. The van der Waals surface area contributed by atoms with Gasteiger partial charge in [-0.1, -0.05) is 18.2 Å². The van der Waals surface area contributed by atoms with Crippen LogP contribution in [0.2, 0.25) is 0 Å². The van der Waals surface area contributed by atoms with Gasteiger partial charge in [-0.15, -0.1) is 12.4 Å². The van der Waals surface area contributed by atoms with Crippen LogP contribution in [0.25, 0.3) is 0 Å². The third-order valence-electron chi connectivity index (χ3n) is 4.63. The number of hydrogen-bond acceptors (Lipinski definition) is 3. The van der Waals surface area contributed by atoms with Crippen molar-refractivity contribution in [2.45, 2.75) is 19.3 Å². The summed E-state index contributed by atoms with van der Waals surface area (Å²) in [5, 5.41) is 6.19. The van der Waals surface area contributed by atoms with Gasteiger partial charge in [0.05, 0.1) is 5.92 Å². The molecule has 0 aromatic heterocycles. The molecule has 2 heterocycles. The SMILES string of the molecule is Cl.O=C(Nc1ccccc1)C1CCN(C(=O)C2CCNC2)CC1. The first-order valence-corrected chi connectivity index (χ1v) is 8.09. The van der Waals surface area contributed by atoms with Gasteiger partial charge in [0.2, 0.25) is 11.8 Å². The third-order valence-corrected chi connectivity index (χ3v) is 4.63. The van der Waals surface area contributed by atoms with Crippen molar-refractivity contribution in [2.75, 3.05) is 31.5 Å². The van der Waals surface area contributed by atoms with Gasteiger partial charge in [0.25, 0.3) is 0 Å². The number of carbonyl (C=O) groups is 2. The second-order valence-corrected chi connectivity index (χ2v) is 6.14. The van der Waals surface area contributed by atoms with E-state index in [1.54, 1.807) is 0 Å². The lowest BCUT2D eigenvalue weighted by molar-refractivity contribution is -0.137. The minimum atomic E-state index is 0. The van der Waals surface area contributed by atoms with Crippen molar-refractivity contribution in [1.29, 1.82) is 0 Å². The number of nitrogens with zero attached hydrogens (tertiary/aromatic N) is 1. The maximum atomic E-state index is 12.4. The van der Waals surface area contributed by atoms with Crippen molar-refractivity contribution < 1.29 is 9.59 Å². The van der Waals surface area contributed by atoms with Crippen LogP contribution in [0.3, 0.4) is 0 Å². The van der Waals surface area contributed by atoms with Crippen LogP contribution < -0.4 is 10.6 Å². The molecule has 3 rings (SSSR count). The van der Waals surface area contributed by atoms with Crippen molar-refractivity contribution in [3.8, 4) is 0 Å². The van der Waals surface area contributed by atoms with E-state index in [4.69, 9.17) is 0 Å². The second kappa shape index (κ2) is 8.31. The Balaban J connectivity index is 0.00000192. The summed E-state index contributed by atoms with van der Waals surface area (Å²) in [5.74, 6) is 0.466. The van der Waals surface area contributed by atoms with E-state index < -0.39 is 0 Å². The summed E-state index contributed by atoms with van der Waals surface area (Å²) < 4.78 is 0. The van der Waals surface area contributed by atoms with Crippen LogP contribution in [-0.2, 0) is 9.59 Å². The highest BCUT2D eigenvalue weighted by atomic mass is 35.5. The molecule has 2 saturated heterocycles. The Kier molecular flexibility index (Phi) is 6.42. The number of anilines is 1. The number of likely N-dealkylation sites (tertiary alicyclic amines) is 1. The molecule has 1 atom stereocenters. The number of benzene rings is 1. The first-order valence-electron chi connectivity index (χ1n) is 8.09. The molecule has 0 saturated carbocycles. The van der Waals surface area contributed by atoms with Crippen molar-refractivity contribution in [1.82, 2.24) is 10.2 Å². The molecule has 2 fully saturated rings. The summed E-state index contributed by atoms with van der Waals surface area (Å²) in [6.45, 7) is 3.13. The van der Waals surface area contributed by atoms with Crippen LogP contribution in [0, 0.1) is 11.8 Å². The van der Waals surface area contributed by atoms with Crippen LogP contribution >= 0.6 is 12.4 Å². The number of halogens is 1. The minimum Gasteiger partial charge on any atom is -0.342 e. The van der Waals surface area contributed by atoms with E-state index >= 15 is 0 Å². The van der Waals surface area contributed by atoms with Crippen molar-refractivity contribution >= 4 is 29.9 Å². The van der Waals surface area contributed by atoms with Gasteiger partial charge in [0.1, 0.15) is 0 Å². The Morgan fingerprint density at radius 3 is 2.35 bits per heavy atom. The van der Waals surface area contributed by atoms with Crippen LogP contribution in [0.5, 0.6) is 0 Å². The summed E-state index contributed by atoms with van der Waals surface area (Å²) >= 11 is 0. The number of piperidine rings is 1. The molecule has 0 radical (unpaired) electrons. The van der Waals surface area contributed by atoms with Gasteiger partial charge in [-0.2, -0.15) is 0 Å². The molecule has 1 unspecified atom stereocenters. The van der Waals surface area contributed by atoms with Gasteiger partial charge >= 0.3 is 0 Å². The average Bonchev–Trinajstić information content (AvgIpc) is 3.10. The quantitative estimate of drug-likeness (QED) is 0.885. The fourth-order valence-corrected chi connectivity index (χ4v) is 3.25. The minimum absolute atomic E-state index is 0. The maximum Gasteiger partial charge on any atom is 0.227 e. The number of rotatable bonds is 3. The smallest absolute Gasteiger partial charge is 0.227 e. The molecule has 2 amide bonds. The normalized spacial score (nSPS) is 21.6. The van der Waals surface area contributed by atoms with E-state index in [2.05, 4.69) is 10.6 Å². The lowest BCUT2D eigenvalue weighted by atomic mass is 9.94. The predicted molar refractivity (Wildman–Crippen MR) is 92.6 cm³/mol. The molecule has 0 aliphatic carbocycles. The lowest BCUT2D eigenvalue weighted by Crippen LogP contribution is -2.44. The fraction of sp³-hybridized carbons (Fsp3) is 0.529. The molecule has 126 valence electrons. The van der Waals surface area contributed by atoms with E-state index in [9.17, 15) is 9.59 Å². The van der Waals surface area contributed by atoms with Crippen LogP contribution in [0.15, 0.2) is 30.3 Å². The van der Waals surface area contributed by atoms with E-state index in [-0.39, 0.29) is 36.1 Å². The fourth-order valence-electron chi connectivity index (χ4n) is 3.25. The second-order valence-electron chi connectivity index (χ2n) is 6.14. The highest BCUT2D eigenvalue weighted by Gasteiger charge is 2.31. The Morgan fingerprint density at radius 2 is 1.74 bits per heavy atom. The number of hydrogen-bond donors (Lipinski definition) is 2. The van der Waals surface area contributed by atoms with Crippen molar-refractivity contribution in [2.24, 2.45) is 11.8 Å². The van der Waals surface area contributed by atoms with E-state index in [0.717, 1.165) is 38.0 Å². The zero-order valence-electron chi connectivity index (χ0n) is 13.2. The Labute approximate surface area is 143 Å². The summed E-state index contributed by atoms with van der Waals surface area (Å²) in [6, 6.07) is 9.53. The largest absolute Gasteiger partial charge is 0.342 e. The molecule has 23 heavy (non-hydrogen) atoms. The third kappa shape index (κ3) is 4.45. The predicted octanol–water partition coefficient (Wildman–Crippen LogP) is 1.89. The van der Waals surface area contributed by atoms with Gasteiger partial charge in [-0.25, -0.2) is 0 Å². The van der Waals surface area contributed by atoms with Crippen LogP contribution in [0.1, 0.15) is 19.3 Å². The molecule has 1 aromatic carbocycles. The van der Waals surface area contributed by atoms with Gasteiger partial charge in [0, 0.05) is 31.2 Å². The Morgan fingerprint density at radius 1 is 1.04 bits per heavy atom. The van der Waals surface area contributed by atoms with Crippen LogP contribution in [-0.4, -0.2) is 42.9 Å². The maximum absolute atomic E-state index is 12.4. The molecule has 5 nitrogen and oxygen atoms in total. The molecule has 1 aromatic rings. The molecular weight excluding hydrogens is 314 g/mol. The van der Waals surface area contributed by atoms with Crippen molar-refractivity contribution in [3.63, 3.8) is 0 Å². The first kappa shape index (κ1) is 17.8. The van der Waals surface area contributed by atoms with E-state index in [1.807, 2.05) is 35.2 Å². The molecule has 2 aliphatic heterocycles. The molecule has 2 aliphatic rings. The number of nitrogens with one attached hydrogen (secondary N) is 2. The highest BCUT2D eigenvalue weighted by molar-refractivity contribution is 5.92. The summed E-state index contributed by atoms with van der Waals surface area (Å²) in [7, 11) is 0. The number of amides is 2. The zero-order valence-corrected chi connectivity index (χ0v) is 14.0. The molecular formula is C17H24ClN3O2. The highest BCUT2D eigenvalue weighted by Crippen LogP contribution is 2.22. The first-order chi connectivity index (χ1) is 10.7. The van der Waals surface area contributed by atoms with E-state index in [1.165, 1.54) is 0 Å². The standard InChI is InChI=1S/C17H23N3O2.ClH/c21-16(19-15-4-2-1-3-5-15)13-7-10-20(11-8-13)17(22)14-6-9-18-12-14;/h1-5,13-14,18H,6-12H2,(H,19,21);1H. The van der Waals surface area contributed by atoms with Gasteiger partial charge in [-0.3, -0.25) is 9.59 Å². The zero-order chi connectivity index (χ0) is 15.4. The summed E-state index contributed by atoms with van der Waals surface area (Å²) in [5.41, 5.74) is 0.836. The number of carbonyl (C=O) groups excluding carboxylic acids is 2. The van der Waals surface area contributed by atoms with Gasteiger partial charge in [0.15, 0.2) is 0 Å². The molecule has 2 N–H and O–H groups in total. The van der Waals surface area contributed by atoms with E-state index in [0.29, 0.717) is 13.1 Å². The monoisotopic (exact) mass is 337 g/mol. The average molecular weight is 338 g/mol. The van der Waals surface area contributed by atoms with Gasteiger partial charge in [-0.05, 0) is 37.9 Å². The van der Waals surface area contributed by atoms with Gasteiger partial charge < -0.3 is 15.5 Å². The summed E-state index contributed by atoms with van der Waals surface area (Å²) in [4.78, 5) is 26.6. The molecule has 0 bridgehead atoms. The number of para-hydroxylation sites is 1. The Hall–Kier alpha value is -1.59.